The Morgan fingerprint density at radius 3 is 2.89 bits per heavy atom. The third kappa shape index (κ3) is 4.42. The van der Waals surface area contributed by atoms with Gasteiger partial charge >= 0.3 is 0 Å². The zero-order chi connectivity index (χ0) is 14.4. The van der Waals surface area contributed by atoms with Crippen LogP contribution < -0.4 is 5.73 Å². The average Bonchev–Trinajstić information content (AvgIpc) is 2.36. The van der Waals surface area contributed by atoms with E-state index in [1.807, 2.05) is 19.9 Å². The molecule has 6 heteroatoms. The van der Waals surface area contributed by atoms with Crippen molar-refractivity contribution in [2.75, 3.05) is 18.8 Å². The Hall–Kier alpha value is -1.80. The smallest absolute Gasteiger partial charge is 0.257 e. The van der Waals surface area contributed by atoms with Crippen LogP contribution in [0.4, 0.5) is 5.69 Å². The maximum atomic E-state index is 12.4. The van der Waals surface area contributed by atoms with E-state index in [-0.39, 0.29) is 23.0 Å². The van der Waals surface area contributed by atoms with Gasteiger partial charge in [0.25, 0.3) is 5.91 Å². The van der Waals surface area contributed by atoms with Crippen LogP contribution in [-0.4, -0.2) is 28.9 Å². The zero-order valence-corrected chi connectivity index (χ0v) is 11.8. The summed E-state index contributed by atoms with van der Waals surface area (Å²) in [4.78, 5) is 17.9. The van der Waals surface area contributed by atoms with Crippen molar-refractivity contribution >= 4 is 23.2 Å². The highest BCUT2D eigenvalue weighted by Gasteiger charge is 2.20. The Labute approximate surface area is 118 Å². The molecule has 0 radical (unpaired) electrons. The van der Waals surface area contributed by atoms with Crippen LogP contribution in [0.5, 0.6) is 0 Å². The van der Waals surface area contributed by atoms with Crippen molar-refractivity contribution in [1.29, 1.82) is 5.26 Å². The lowest BCUT2D eigenvalue weighted by molar-refractivity contribution is 0.0739. The Bertz CT molecular complexity index is 496. The Morgan fingerprint density at radius 1 is 1.63 bits per heavy atom. The van der Waals surface area contributed by atoms with E-state index >= 15 is 0 Å². The number of aromatic nitrogens is 1. The fourth-order valence-corrected chi connectivity index (χ4v) is 1.87. The fourth-order valence-electron chi connectivity index (χ4n) is 1.69. The molecule has 2 N–H and O–H groups in total. The maximum Gasteiger partial charge on any atom is 0.257 e. The van der Waals surface area contributed by atoms with Crippen molar-refractivity contribution in [3.63, 3.8) is 0 Å². The van der Waals surface area contributed by atoms with E-state index in [0.29, 0.717) is 24.7 Å². The van der Waals surface area contributed by atoms with Gasteiger partial charge in [-0.05, 0) is 12.0 Å². The number of hydrogen-bond acceptors (Lipinski definition) is 4. The highest BCUT2D eigenvalue weighted by atomic mass is 35.5. The number of rotatable bonds is 5. The molecule has 0 aliphatic heterocycles. The molecule has 5 nitrogen and oxygen atoms in total. The van der Waals surface area contributed by atoms with Crippen LogP contribution in [0.15, 0.2) is 12.3 Å². The fraction of sp³-hybridized carbons (Fsp3) is 0.462. The molecule has 1 aromatic rings. The summed E-state index contributed by atoms with van der Waals surface area (Å²) in [5.41, 5.74) is 6.29. The molecule has 0 aliphatic carbocycles. The van der Waals surface area contributed by atoms with Gasteiger partial charge in [-0.15, -0.1) is 0 Å². The summed E-state index contributed by atoms with van der Waals surface area (Å²) < 4.78 is 0. The normalized spacial score (nSPS) is 10.3. The first-order chi connectivity index (χ1) is 8.95. The van der Waals surface area contributed by atoms with E-state index in [0.717, 1.165) is 0 Å². The lowest BCUT2D eigenvalue weighted by atomic mass is 10.1. The first-order valence-corrected chi connectivity index (χ1v) is 6.40. The lowest BCUT2D eigenvalue weighted by Gasteiger charge is -2.24. The highest BCUT2D eigenvalue weighted by Crippen LogP contribution is 2.18. The molecule has 0 unspecified atom stereocenters. The molecule has 19 heavy (non-hydrogen) atoms. The molecule has 0 atom stereocenters. The quantitative estimate of drug-likeness (QED) is 0.839. The highest BCUT2D eigenvalue weighted by molar-refractivity contribution is 6.32. The van der Waals surface area contributed by atoms with Gasteiger partial charge in [0, 0.05) is 13.1 Å². The van der Waals surface area contributed by atoms with Gasteiger partial charge in [-0.1, -0.05) is 25.4 Å². The zero-order valence-electron chi connectivity index (χ0n) is 11.1. The van der Waals surface area contributed by atoms with Gasteiger partial charge in [0.2, 0.25) is 0 Å². The molecule has 1 aromatic heterocycles. The molecular formula is C13H17ClN4O. The number of amides is 1. The minimum Gasteiger partial charge on any atom is -0.397 e. The number of halogens is 1. The first-order valence-electron chi connectivity index (χ1n) is 6.03. The van der Waals surface area contributed by atoms with Crippen LogP contribution in [-0.2, 0) is 0 Å². The summed E-state index contributed by atoms with van der Waals surface area (Å²) in [5, 5.41) is 8.78. The molecule has 0 aliphatic rings. The van der Waals surface area contributed by atoms with Crippen molar-refractivity contribution < 1.29 is 4.79 Å². The van der Waals surface area contributed by atoms with Gasteiger partial charge in [0.15, 0.2) is 0 Å². The topological polar surface area (TPSA) is 83.0 Å². The number of hydrogen-bond donors (Lipinski definition) is 1. The molecular weight excluding hydrogens is 264 g/mol. The Balaban J connectivity index is 2.97. The van der Waals surface area contributed by atoms with Crippen LogP contribution in [0.2, 0.25) is 5.15 Å². The second-order valence-electron chi connectivity index (χ2n) is 4.66. The summed E-state index contributed by atoms with van der Waals surface area (Å²) >= 11 is 5.93. The number of pyridine rings is 1. The summed E-state index contributed by atoms with van der Waals surface area (Å²) in [6.07, 6.45) is 1.69. The van der Waals surface area contributed by atoms with Crippen molar-refractivity contribution in [1.82, 2.24) is 9.88 Å². The molecule has 1 heterocycles. The number of nitriles is 1. The molecule has 0 saturated carbocycles. The molecule has 0 saturated heterocycles. The molecule has 102 valence electrons. The van der Waals surface area contributed by atoms with Crippen LogP contribution >= 0.6 is 11.6 Å². The number of nitrogen functional groups attached to an aromatic ring is 1. The number of nitrogens with zero attached hydrogens (tertiary/aromatic N) is 3. The Morgan fingerprint density at radius 2 is 2.32 bits per heavy atom. The van der Waals surface area contributed by atoms with Gasteiger partial charge in [0.05, 0.1) is 29.9 Å². The molecule has 0 fully saturated rings. The van der Waals surface area contributed by atoms with E-state index in [1.165, 1.54) is 12.3 Å². The molecule has 0 spiro atoms. The van der Waals surface area contributed by atoms with Crippen molar-refractivity contribution in [3.05, 3.63) is 23.0 Å². The predicted molar refractivity (Wildman–Crippen MR) is 74.6 cm³/mol. The van der Waals surface area contributed by atoms with Crippen molar-refractivity contribution in [2.24, 2.45) is 5.92 Å². The Kier molecular flexibility index (Phi) is 5.58. The summed E-state index contributed by atoms with van der Waals surface area (Å²) in [6, 6.07) is 3.55. The second kappa shape index (κ2) is 6.95. The predicted octanol–water partition coefficient (Wildman–Crippen LogP) is 2.33. The summed E-state index contributed by atoms with van der Waals surface area (Å²) in [5.74, 6) is 0.0594. The minimum atomic E-state index is -0.242. The third-order valence-corrected chi connectivity index (χ3v) is 2.76. The maximum absolute atomic E-state index is 12.4. The van der Waals surface area contributed by atoms with Crippen LogP contribution in [0.25, 0.3) is 0 Å². The standard InChI is InChI=1S/C13H17ClN4O/c1-9(2)8-18(5-3-4-15)13(19)11-6-10(16)7-17-12(11)14/h6-7,9H,3,5,8,16H2,1-2H3. The van der Waals surface area contributed by atoms with E-state index in [2.05, 4.69) is 4.98 Å². The molecule has 1 amide bonds. The summed E-state index contributed by atoms with van der Waals surface area (Å²) in [7, 11) is 0. The number of anilines is 1. The van der Waals surface area contributed by atoms with E-state index in [9.17, 15) is 4.79 Å². The minimum absolute atomic E-state index is 0.130. The molecule has 0 bridgehead atoms. The van der Waals surface area contributed by atoms with Gasteiger partial charge < -0.3 is 10.6 Å². The number of nitrogens with two attached hydrogens (primary N) is 1. The van der Waals surface area contributed by atoms with E-state index < -0.39 is 0 Å². The van der Waals surface area contributed by atoms with E-state index in [4.69, 9.17) is 22.6 Å². The van der Waals surface area contributed by atoms with Crippen LogP contribution in [0, 0.1) is 17.2 Å². The van der Waals surface area contributed by atoms with Crippen LogP contribution in [0.3, 0.4) is 0 Å². The average molecular weight is 281 g/mol. The molecule has 0 aromatic carbocycles. The number of carbonyl (C=O) groups excluding carboxylic acids is 1. The first kappa shape index (κ1) is 15.3. The summed E-state index contributed by atoms with van der Waals surface area (Å²) in [6.45, 7) is 4.95. The van der Waals surface area contributed by atoms with Gasteiger partial charge in [-0.3, -0.25) is 4.79 Å². The number of carbonyl (C=O) groups is 1. The van der Waals surface area contributed by atoms with E-state index in [1.54, 1.807) is 4.90 Å². The SMILES string of the molecule is CC(C)CN(CCC#N)C(=O)c1cc(N)cnc1Cl. The monoisotopic (exact) mass is 280 g/mol. The molecule has 1 rings (SSSR count). The third-order valence-electron chi connectivity index (χ3n) is 2.46. The van der Waals surface area contributed by atoms with Gasteiger partial charge in [-0.25, -0.2) is 4.98 Å². The van der Waals surface area contributed by atoms with Crippen molar-refractivity contribution in [2.45, 2.75) is 20.3 Å². The van der Waals surface area contributed by atoms with Gasteiger partial charge in [-0.2, -0.15) is 5.26 Å². The largest absolute Gasteiger partial charge is 0.397 e. The lowest BCUT2D eigenvalue weighted by Crippen LogP contribution is -2.35. The second-order valence-corrected chi connectivity index (χ2v) is 5.02. The van der Waals surface area contributed by atoms with Crippen LogP contribution in [0.1, 0.15) is 30.6 Å². The van der Waals surface area contributed by atoms with Crippen molar-refractivity contribution in [3.8, 4) is 6.07 Å². The van der Waals surface area contributed by atoms with Gasteiger partial charge in [0.1, 0.15) is 5.15 Å².